The van der Waals surface area contributed by atoms with E-state index >= 15 is 0 Å². The second-order valence-electron chi connectivity index (χ2n) is 5.72. The summed E-state index contributed by atoms with van der Waals surface area (Å²) in [5.74, 6) is -3.13. The van der Waals surface area contributed by atoms with Gasteiger partial charge in [-0.3, -0.25) is 9.00 Å². The molecule has 8 heteroatoms. The molecule has 2 atom stereocenters. The van der Waals surface area contributed by atoms with E-state index in [2.05, 4.69) is 10.1 Å². The maximum Gasteiger partial charge on any atom is 0.328 e. The molecule has 2 aromatic carbocycles. The zero-order valence-electron chi connectivity index (χ0n) is 14.6. The minimum Gasteiger partial charge on any atom is -0.467 e. The van der Waals surface area contributed by atoms with Crippen molar-refractivity contribution in [1.29, 1.82) is 0 Å². The lowest BCUT2D eigenvalue weighted by molar-refractivity contribution is -0.145. The molecule has 0 aromatic heterocycles. The van der Waals surface area contributed by atoms with Gasteiger partial charge in [0.2, 0.25) is 5.91 Å². The molecule has 1 N–H and O–H groups in total. The molecule has 0 unspecified atom stereocenters. The van der Waals surface area contributed by atoms with Gasteiger partial charge in [0, 0.05) is 10.6 Å². The average molecular weight is 395 g/mol. The second-order valence-corrected chi connectivity index (χ2v) is 7.29. The van der Waals surface area contributed by atoms with Gasteiger partial charge < -0.3 is 10.1 Å². The third kappa shape index (κ3) is 6.25. The summed E-state index contributed by atoms with van der Waals surface area (Å²) >= 11 is 0. The van der Waals surface area contributed by atoms with Crippen LogP contribution in [-0.4, -0.2) is 35.0 Å². The zero-order valence-corrected chi connectivity index (χ0v) is 15.4. The molecule has 2 rings (SSSR count). The van der Waals surface area contributed by atoms with E-state index in [0.717, 1.165) is 12.1 Å². The number of benzene rings is 2. The van der Waals surface area contributed by atoms with Gasteiger partial charge in [0.05, 0.1) is 24.3 Å². The Morgan fingerprint density at radius 2 is 1.81 bits per heavy atom. The first-order valence-electron chi connectivity index (χ1n) is 8.15. The number of esters is 1. The first-order valence-corrected chi connectivity index (χ1v) is 9.47. The van der Waals surface area contributed by atoms with Crippen LogP contribution in [0, 0.1) is 11.6 Å². The van der Waals surface area contributed by atoms with Crippen LogP contribution in [0.4, 0.5) is 8.78 Å². The van der Waals surface area contributed by atoms with Gasteiger partial charge in [0.25, 0.3) is 0 Å². The number of carbonyl (C=O) groups is 2. The monoisotopic (exact) mass is 395 g/mol. The number of halogens is 2. The molecule has 0 aliphatic heterocycles. The molecule has 0 spiro atoms. The molecule has 0 bridgehead atoms. The Morgan fingerprint density at radius 3 is 2.44 bits per heavy atom. The lowest BCUT2D eigenvalue weighted by Crippen LogP contribution is -2.43. The van der Waals surface area contributed by atoms with E-state index in [1.54, 1.807) is 30.3 Å². The van der Waals surface area contributed by atoms with Crippen molar-refractivity contribution in [3.05, 3.63) is 65.7 Å². The van der Waals surface area contributed by atoms with Gasteiger partial charge in [-0.25, -0.2) is 13.6 Å². The van der Waals surface area contributed by atoms with E-state index in [1.165, 1.54) is 13.2 Å². The third-order valence-electron chi connectivity index (χ3n) is 3.77. The van der Waals surface area contributed by atoms with Crippen molar-refractivity contribution < 1.29 is 27.3 Å². The first kappa shape index (κ1) is 20.7. The molecule has 5 nitrogen and oxygen atoms in total. The molecule has 0 aliphatic rings. The molecule has 0 radical (unpaired) electrons. The van der Waals surface area contributed by atoms with Crippen molar-refractivity contribution in [1.82, 2.24) is 5.32 Å². The largest absolute Gasteiger partial charge is 0.467 e. The van der Waals surface area contributed by atoms with Crippen molar-refractivity contribution in [3.8, 4) is 0 Å². The smallest absolute Gasteiger partial charge is 0.328 e. The fraction of sp³-hybridized carbons (Fsp3) is 0.263. The van der Waals surface area contributed by atoms with Gasteiger partial charge in [-0.1, -0.05) is 24.3 Å². The van der Waals surface area contributed by atoms with Crippen molar-refractivity contribution in [3.63, 3.8) is 0 Å². The Morgan fingerprint density at radius 1 is 1.11 bits per heavy atom. The highest BCUT2D eigenvalue weighted by Crippen LogP contribution is 2.11. The Bertz CT molecular complexity index is 830. The summed E-state index contributed by atoms with van der Waals surface area (Å²) in [6, 6.07) is 10.9. The third-order valence-corrected chi connectivity index (χ3v) is 5.17. The van der Waals surface area contributed by atoms with Crippen LogP contribution in [0.25, 0.3) is 0 Å². The first-order chi connectivity index (χ1) is 12.9. The molecule has 27 heavy (non-hydrogen) atoms. The molecule has 0 fully saturated rings. The highest BCUT2D eigenvalue weighted by molar-refractivity contribution is 7.85. The maximum absolute atomic E-state index is 13.2. The normalized spacial score (nSPS) is 12.9. The Kier molecular flexibility index (Phi) is 7.60. The summed E-state index contributed by atoms with van der Waals surface area (Å²) < 4.78 is 43.1. The van der Waals surface area contributed by atoms with Crippen LogP contribution in [-0.2, 0) is 31.5 Å². The maximum atomic E-state index is 13.2. The van der Waals surface area contributed by atoms with Crippen LogP contribution in [0.5, 0.6) is 0 Å². The van der Waals surface area contributed by atoms with Gasteiger partial charge >= 0.3 is 5.97 Å². The summed E-state index contributed by atoms with van der Waals surface area (Å²) in [6.07, 6.45) is -0.121. The van der Waals surface area contributed by atoms with E-state index in [1.807, 2.05) is 0 Å². The molecule has 0 saturated heterocycles. The van der Waals surface area contributed by atoms with Gasteiger partial charge in [0.15, 0.2) is 11.6 Å². The number of amides is 1. The fourth-order valence-electron chi connectivity index (χ4n) is 2.39. The van der Waals surface area contributed by atoms with Crippen LogP contribution >= 0.6 is 0 Å². The average Bonchev–Trinajstić information content (AvgIpc) is 2.67. The van der Waals surface area contributed by atoms with Crippen molar-refractivity contribution in [2.45, 2.75) is 23.8 Å². The van der Waals surface area contributed by atoms with Gasteiger partial charge in [-0.2, -0.15) is 0 Å². The summed E-state index contributed by atoms with van der Waals surface area (Å²) in [6.45, 7) is 0. The number of ether oxygens (including phenoxy) is 1. The molecule has 2 aromatic rings. The molecular formula is C19H19F2NO4S. The summed E-state index contributed by atoms with van der Waals surface area (Å²) in [4.78, 5) is 24.7. The minimum absolute atomic E-state index is 0.109. The van der Waals surface area contributed by atoms with E-state index in [-0.39, 0.29) is 24.2 Å². The van der Waals surface area contributed by atoms with Crippen LogP contribution in [0.1, 0.15) is 12.0 Å². The predicted molar refractivity (Wildman–Crippen MR) is 96.3 cm³/mol. The highest BCUT2D eigenvalue weighted by Gasteiger charge is 2.22. The number of nitrogens with one attached hydrogen (secondary N) is 1. The minimum atomic E-state index is -1.33. The molecule has 0 heterocycles. The molecule has 1 amide bonds. The van der Waals surface area contributed by atoms with Crippen LogP contribution in [0.15, 0.2) is 53.4 Å². The Labute approximate surface area is 158 Å². The summed E-state index contributed by atoms with van der Waals surface area (Å²) in [5, 5.41) is 2.49. The molecule has 0 aliphatic carbocycles. The summed E-state index contributed by atoms with van der Waals surface area (Å²) in [5.41, 5.74) is 0.267. The molecule has 0 saturated carbocycles. The lowest BCUT2D eigenvalue weighted by Gasteiger charge is -2.16. The van der Waals surface area contributed by atoms with Crippen molar-refractivity contribution >= 4 is 22.7 Å². The predicted octanol–water partition coefficient (Wildman–Crippen LogP) is 2.36. The van der Waals surface area contributed by atoms with Crippen LogP contribution in [0.3, 0.4) is 0 Å². The van der Waals surface area contributed by atoms with Gasteiger partial charge in [-0.15, -0.1) is 0 Å². The number of rotatable bonds is 8. The Balaban J connectivity index is 1.96. The topological polar surface area (TPSA) is 72.5 Å². The van der Waals surface area contributed by atoms with Gasteiger partial charge in [-0.05, 0) is 36.2 Å². The van der Waals surface area contributed by atoms with E-state index in [0.29, 0.717) is 4.90 Å². The van der Waals surface area contributed by atoms with E-state index < -0.39 is 40.4 Å². The van der Waals surface area contributed by atoms with Crippen LogP contribution in [0.2, 0.25) is 0 Å². The number of carbonyl (C=O) groups excluding carboxylic acids is 2. The van der Waals surface area contributed by atoms with E-state index in [4.69, 9.17) is 0 Å². The highest BCUT2D eigenvalue weighted by atomic mass is 32.2. The number of hydrogen-bond acceptors (Lipinski definition) is 4. The van der Waals surface area contributed by atoms with Crippen molar-refractivity contribution in [2.75, 3.05) is 12.9 Å². The Hall–Kier alpha value is -2.61. The molecular weight excluding hydrogens is 376 g/mol. The zero-order chi connectivity index (χ0) is 19.8. The fourth-order valence-corrected chi connectivity index (χ4v) is 3.53. The quantitative estimate of drug-likeness (QED) is 0.697. The second kappa shape index (κ2) is 9.91. The summed E-state index contributed by atoms with van der Waals surface area (Å²) in [7, 11) is -0.146. The van der Waals surface area contributed by atoms with Gasteiger partial charge in [0.1, 0.15) is 6.04 Å². The van der Waals surface area contributed by atoms with Crippen molar-refractivity contribution in [2.24, 2.45) is 0 Å². The van der Waals surface area contributed by atoms with E-state index in [9.17, 15) is 22.6 Å². The van der Waals surface area contributed by atoms with Crippen LogP contribution < -0.4 is 5.32 Å². The standard InChI is InChI=1S/C19H19F2NO4S/c1-26-19(24)17(9-10-27(25)14-5-3-2-4-6-14)22-18(23)12-13-7-8-15(20)16(21)11-13/h2-8,11,17H,9-10,12H2,1H3,(H,22,23)/t17-,27+/m1/s1. The molecule has 144 valence electrons. The number of hydrogen-bond donors (Lipinski definition) is 1. The lowest BCUT2D eigenvalue weighted by atomic mass is 10.1. The SMILES string of the molecule is COC(=O)[C@@H](CC[S@](=O)c1ccccc1)NC(=O)Cc1ccc(F)c(F)c1. The number of methoxy groups -OCH3 is 1.